The number of rotatable bonds is 5. The molecule has 0 saturated carbocycles. The monoisotopic (exact) mass is 327 g/mol. The molecule has 0 fully saturated rings. The van der Waals surface area contributed by atoms with E-state index in [-0.39, 0.29) is 11.9 Å². The molecule has 1 aromatic heterocycles. The normalized spacial score (nSPS) is 12.6. The van der Waals surface area contributed by atoms with Crippen LogP contribution in [-0.2, 0) is 0 Å². The van der Waals surface area contributed by atoms with Crippen molar-refractivity contribution >= 4 is 27.3 Å². The van der Waals surface area contributed by atoms with Gasteiger partial charge in [0, 0.05) is 4.88 Å². The summed E-state index contributed by atoms with van der Waals surface area (Å²) in [6.07, 6.45) is 1.07. The molecule has 1 nitrogen and oxygen atoms in total. The number of thiophene rings is 1. The van der Waals surface area contributed by atoms with Crippen LogP contribution in [0.3, 0.4) is 0 Å². The van der Waals surface area contributed by atoms with Gasteiger partial charge in [-0.15, -0.1) is 11.3 Å². The Balaban J connectivity index is 2.30. The summed E-state index contributed by atoms with van der Waals surface area (Å²) in [5.41, 5.74) is 1.08. The van der Waals surface area contributed by atoms with E-state index in [1.807, 2.05) is 18.2 Å². The summed E-state index contributed by atoms with van der Waals surface area (Å²) in [5.74, 6) is -0.223. The molecule has 0 radical (unpaired) electrons. The maximum absolute atomic E-state index is 13.3. The molecule has 2 aromatic rings. The number of hydrogen-bond donors (Lipinski definition) is 1. The minimum absolute atomic E-state index is 0.141. The SMILES string of the molecule is CCCNC(c1ccc(F)c(Br)c1)c1cccs1. The van der Waals surface area contributed by atoms with E-state index in [0.717, 1.165) is 18.5 Å². The zero-order valence-electron chi connectivity index (χ0n) is 10.1. The van der Waals surface area contributed by atoms with E-state index in [1.54, 1.807) is 11.3 Å². The van der Waals surface area contributed by atoms with Gasteiger partial charge in [-0.1, -0.05) is 19.1 Å². The van der Waals surface area contributed by atoms with Gasteiger partial charge in [-0.05, 0) is 58.0 Å². The molecule has 96 valence electrons. The summed E-state index contributed by atoms with van der Waals surface area (Å²) < 4.78 is 13.8. The van der Waals surface area contributed by atoms with Crippen molar-refractivity contribution in [3.63, 3.8) is 0 Å². The van der Waals surface area contributed by atoms with Gasteiger partial charge in [-0.2, -0.15) is 0 Å². The van der Waals surface area contributed by atoms with E-state index >= 15 is 0 Å². The minimum Gasteiger partial charge on any atom is -0.306 e. The largest absolute Gasteiger partial charge is 0.306 e. The summed E-state index contributed by atoms with van der Waals surface area (Å²) >= 11 is 4.96. The summed E-state index contributed by atoms with van der Waals surface area (Å²) in [6.45, 7) is 3.08. The van der Waals surface area contributed by atoms with Gasteiger partial charge in [-0.25, -0.2) is 4.39 Å². The Kier molecular flexibility index (Phi) is 4.92. The molecular formula is C14H15BrFNS. The maximum Gasteiger partial charge on any atom is 0.137 e. The molecule has 2 rings (SSSR count). The van der Waals surface area contributed by atoms with Crippen LogP contribution in [0.5, 0.6) is 0 Å². The first-order valence-electron chi connectivity index (χ1n) is 5.94. The second-order valence-electron chi connectivity index (χ2n) is 4.08. The van der Waals surface area contributed by atoms with Crippen molar-refractivity contribution < 1.29 is 4.39 Å². The average Bonchev–Trinajstić information content (AvgIpc) is 2.88. The van der Waals surface area contributed by atoms with Crippen LogP contribution >= 0.6 is 27.3 Å². The second kappa shape index (κ2) is 6.45. The summed E-state index contributed by atoms with van der Waals surface area (Å²) in [5, 5.41) is 5.57. The third kappa shape index (κ3) is 3.19. The number of halogens is 2. The zero-order chi connectivity index (χ0) is 13.0. The van der Waals surface area contributed by atoms with Gasteiger partial charge >= 0.3 is 0 Å². The topological polar surface area (TPSA) is 12.0 Å². The molecule has 0 aliphatic heterocycles. The van der Waals surface area contributed by atoms with E-state index in [0.29, 0.717) is 4.47 Å². The van der Waals surface area contributed by atoms with Gasteiger partial charge in [0.25, 0.3) is 0 Å². The van der Waals surface area contributed by atoms with Crippen molar-refractivity contribution in [2.45, 2.75) is 19.4 Å². The third-order valence-electron chi connectivity index (χ3n) is 2.70. The highest BCUT2D eigenvalue weighted by atomic mass is 79.9. The fraction of sp³-hybridized carbons (Fsp3) is 0.286. The van der Waals surface area contributed by atoms with Crippen molar-refractivity contribution in [1.82, 2.24) is 5.32 Å². The van der Waals surface area contributed by atoms with Crippen LogP contribution in [0.15, 0.2) is 40.2 Å². The summed E-state index contributed by atoms with van der Waals surface area (Å²) in [7, 11) is 0. The molecule has 0 saturated heterocycles. The number of benzene rings is 1. The first-order valence-corrected chi connectivity index (χ1v) is 7.61. The fourth-order valence-corrected chi connectivity index (χ4v) is 3.04. The molecule has 1 atom stereocenters. The van der Waals surface area contributed by atoms with E-state index in [1.165, 1.54) is 10.9 Å². The van der Waals surface area contributed by atoms with E-state index in [9.17, 15) is 4.39 Å². The van der Waals surface area contributed by atoms with Crippen LogP contribution < -0.4 is 5.32 Å². The standard InChI is InChI=1S/C14H15BrFNS/c1-2-7-17-14(13-4-3-8-18-13)10-5-6-12(16)11(15)9-10/h3-6,8-9,14,17H,2,7H2,1H3. The first kappa shape index (κ1) is 13.7. The van der Waals surface area contributed by atoms with Crippen LogP contribution in [0, 0.1) is 5.82 Å². The lowest BCUT2D eigenvalue weighted by Crippen LogP contribution is -2.22. The average molecular weight is 328 g/mol. The van der Waals surface area contributed by atoms with Crippen molar-refractivity contribution in [1.29, 1.82) is 0 Å². The first-order chi connectivity index (χ1) is 8.72. The lowest BCUT2D eigenvalue weighted by Gasteiger charge is -2.18. The Morgan fingerprint density at radius 1 is 1.39 bits per heavy atom. The minimum atomic E-state index is -0.223. The van der Waals surface area contributed by atoms with Crippen molar-refractivity contribution in [3.8, 4) is 0 Å². The summed E-state index contributed by atoms with van der Waals surface area (Å²) in [6, 6.07) is 9.49. The molecule has 4 heteroatoms. The molecule has 0 aliphatic rings. The molecule has 0 amide bonds. The molecule has 18 heavy (non-hydrogen) atoms. The predicted octanol–water partition coefficient (Wildman–Crippen LogP) is 4.74. The predicted molar refractivity (Wildman–Crippen MR) is 78.6 cm³/mol. The maximum atomic E-state index is 13.3. The van der Waals surface area contributed by atoms with Gasteiger partial charge in [0.05, 0.1) is 10.5 Å². The Morgan fingerprint density at radius 3 is 2.83 bits per heavy atom. The third-order valence-corrected chi connectivity index (χ3v) is 4.25. The molecule has 1 heterocycles. The highest BCUT2D eigenvalue weighted by Gasteiger charge is 2.15. The quantitative estimate of drug-likeness (QED) is 0.836. The highest BCUT2D eigenvalue weighted by Crippen LogP contribution is 2.28. The number of hydrogen-bond acceptors (Lipinski definition) is 2. The van der Waals surface area contributed by atoms with Gasteiger partial charge in [-0.3, -0.25) is 0 Å². The van der Waals surface area contributed by atoms with Gasteiger partial charge in [0.1, 0.15) is 5.82 Å². The van der Waals surface area contributed by atoms with Crippen LogP contribution in [0.25, 0.3) is 0 Å². The van der Waals surface area contributed by atoms with Crippen LogP contribution in [0.4, 0.5) is 4.39 Å². The second-order valence-corrected chi connectivity index (χ2v) is 5.91. The van der Waals surface area contributed by atoms with Crippen molar-refractivity contribution in [3.05, 3.63) is 56.4 Å². The Labute approximate surface area is 119 Å². The Bertz CT molecular complexity index is 499. The van der Waals surface area contributed by atoms with Gasteiger partial charge in [0.15, 0.2) is 0 Å². The highest BCUT2D eigenvalue weighted by molar-refractivity contribution is 9.10. The van der Waals surface area contributed by atoms with Gasteiger partial charge < -0.3 is 5.32 Å². The van der Waals surface area contributed by atoms with E-state index < -0.39 is 0 Å². The Hall–Kier alpha value is -0.710. The molecule has 1 unspecified atom stereocenters. The van der Waals surface area contributed by atoms with Crippen LogP contribution in [0.2, 0.25) is 0 Å². The molecular weight excluding hydrogens is 313 g/mol. The van der Waals surface area contributed by atoms with E-state index in [2.05, 4.69) is 39.6 Å². The molecule has 1 N–H and O–H groups in total. The molecule has 0 aliphatic carbocycles. The lowest BCUT2D eigenvalue weighted by atomic mass is 10.1. The van der Waals surface area contributed by atoms with Crippen molar-refractivity contribution in [2.24, 2.45) is 0 Å². The summed E-state index contributed by atoms with van der Waals surface area (Å²) in [4.78, 5) is 1.25. The van der Waals surface area contributed by atoms with Crippen LogP contribution in [-0.4, -0.2) is 6.54 Å². The zero-order valence-corrected chi connectivity index (χ0v) is 12.5. The molecule has 1 aromatic carbocycles. The molecule has 0 bridgehead atoms. The van der Waals surface area contributed by atoms with Crippen LogP contribution in [0.1, 0.15) is 29.8 Å². The smallest absolute Gasteiger partial charge is 0.137 e. The molecule has 0 spiro atoms. The fourth-order valence-electron chi connectivity index (χ4n) is 1.82. The van der Waals surface area contributed by atoms with E-state index in [4.69, 9.17) is 0 Å². The lowest BCUT2D eigenvalue weighted by molar-refractivity contribution is 0.596. The van der Waals surface area contributed by atoms with Gasteiger partial charge in [0.2, 0.25) is 0 Å². The Morgan fingerprint density at radius 2 is 2.22 bits per heavy atom. The number of nitrogens with one attached hydrogen (secondary N) is 1. The van der Waals surface area contributed by atoms with Crippen molar-refractivity contribution in [2.75, 3.05) is 6.54 Å².